The smallest absolute Gasteiger partial charge is 0.191 e. The number of aryl methyl sites for hydroxylation is 1. The fourth-order valence-corrected chi connectivity index (χ4v) is 4.54. The number of aromatic nitrogens is 2. The topological polar surface area (TPSA) is 65.4 Å². The number of rotatable bonds is 5. The maximum atomic E-state index is 14.0. The summed E-state index contributed by atoms with van der Waals surface area (Å²) in [4.78, 5) is 16.4. The van der Waals surface area contributed by atoms with Crippen LogP contribution in [-0.4, -0.2) is 42.1 Å². The Hall–Kier alpha value is -3.00. The average molecular weight is 425 g/mol. The van der Waals surface area contributed by atoms with Gasteiger partial charge in [0.2, 0.25) is 0 Å². The van der Waals surface area contributed by atoms with Crippen LogP contribution in [0, 0.1) is 12.7 Å². The Morgan fingerprint density at radius 1 is 1.27 bits per heavy atom. The lowest BCUT2D eigenvalue weighted by Crippen LogP contribution is -2.44. The summed E-state index contributed by atoms with van der Waals surface area (Å²) in [5.74, 6) is 0.867. The molecule has 156 valence electrons. The van der Waals surface area contributed by atoms with E-state index in [1.807, 2.05) is 30.0 Å². The number of thiazole rings is 1. The summed E-state index contributed by atoms with van der Waals surface area (Å²) >= 11 is 1.69. The minimum atomic E-state index is -0.282. The molecule has 0 aliphatic carbocycles. The third-order valence-electron chi connectivity index (χ3n) is 5.12. The minimum absolute atomic E-state index is 0.181. The summed E-state index contributed by atoms with van der Waals surface area (Å²) in [6, 6.07) is 13.5. The summed E-state index contributed by atoms with van der Waals surface area (Å²) in [5, 5.41) is 7.85. The predicted octanol–water partition coefficient (Wildman–Crippen LogP) is 3.60. The van der Waals surface area contributed by atoms with Gasteiger partial charge in [-0.15, -0.1) is 11.3 Å². The molecule has 1 atom stereocenters. The number of aliphatic imine (C=N–C) groups is 1. The van der Waals surface area contributed by atoms with Crippen molar-refractivity contribution in [2.45, 2.75) is 25.9 Å². The zero-order valence-electron chi connectivity index (χ0n) is 17.1. The zero-order chi connectivity index (χ0) is 20.9. The number of hydrogen-bond acceptors (Lipinski definition) is 5. The molecule has 0 saturated carbocycles. The molecule has 0 radical (unpaired) electrons. The van der Waals surface area contributed by atoms with Crippen LogP contribution in [0.15, 0.2) is 53.7 Å². The van der Waals surface area contributed by atoms with Gasteiger partial charge in [-0.1, -0.05) is 30.3 Å². The molecule has 8 heteroatoms. The number of nitrogens with one attached hydrogen (secondary N) is 2. The van der Waals surface area contributed by atoms with Gasteiger partial charge in [0.25, 0.3) is 0 Å². The summed E-state index contributed by atoms with van der Waals surface area (Å²) in [6.07, 6.45) is 2.52. The van der Waals surface area contributed by atoms with Crippen LogP contribution < -0.4 is 15.5 Å². The van der Waals surface area contributed by atoms with Gasteiger partial charge in [-0.2, -0.15) is 0 Å². The molecule has 6 nitrogen and oxygen atoms in total. The maximum absolute atomic E-state index is 14.0. The molecule has 1 aliphatic rings. The molecular weight excluding hydrogens is 399 g/mol. The molecule has 0 spiro atoms. The van der Waals surface area contributed by atoms with E-state index in [1.165, 1.54) is 10.9 Å². The van der Waals surface area contributed by atoms with E-state index in [1.54, 1.807) is 30.6 Å². The highest BCUT2D eigenvalue weighted by atomic mass is 32.1. The Labute approximate surface area is 179 Å². The SMILES string of the molecule is CN=C(NCc1sc(-c2ccccc2)nc1C)NC1CCN(c2ncccc2F)C1. The van der Waals surface area contributed by atoms with Gasteiger partial charge in [-0.05, 0) is 25.5 Å². The summed E-state index contributed by atoms with van der Waals surface area (Å²) in [6.45, 7) is 4.14. The number of benzene rings is 1. The van der Waals surface area contributed by atoms with Crippen molar-refractivity contribution < 1.29 is 4.39 Å². The predicted molar refractivity (Wildman–Crippen MR) is 120 cm³/mol. The lowest BCUT2D eigenvalue weighted by Gasteiger charge is -2.19. The molecule has 3 aromatic rings. The fourth-order valence-electron chi connectivity index (χ4n) is 3.53. The van der Waals surface area contributed by atoms with Gasteiger partial charge in [0, 0.05) is 42.8 Å². The van der Waals surface area contributed by atoms with E-state index in [-0.39, 0.29) is 11.9 Å². The highest BCUT2D eigenvalue weighted by Crippen LogP contribution is 2.27. The first-order valence-corrected chi connectivity index (χ1v) is 10.8. The number of anilines is 1. The van der Waals surface area contributed by atoms with Crippen LogP contribution in [0.5, 0.6) is 0 Å². The van der Waals surface area contributed by atoms with Gasteiger partial charge in [0.1, 0.15) is 5.01 Å². The Balaban J connectivity index is 1.34. The molecule has 1 saturated heterocycles. The van der Waals surface area contributed by atoms with Crippen molar-refractivity contribution in [3.8, 4) is 10.6 Å². The second kappa shape index (κ2) is 9.21. The summed E-state index contributed by atoms with van der Waals surface area (Å²) < 4.78 is 14.0. The Kier molecular flexibility index (Phi) is 6.23. The second-order valence-corrected chi connectivity index (χ2v) is 8.29. The van der Waals surface area contributed by atoms with Crippen molar-refractivity contribution in [3.05, 3.63) is 65.0 Å². The molecule has 2 N–H and O–H groups in total. The summed E-state index contributed by atoms with van der Waals surface area (Å²) in [5.41, 5.74) is 2.16. The highest BCUT2D eigenvalue weighted by Gasteiger charge is 2.26. The Bertz CT molecular complexity index is 1020. The van der Waals surface area contributed by atoms with Crippen LogP contribution in [0.25, 0.3) is 10.6 Å². The highest BCUT2D eigenvalue weighted by molar-refractivity contribution is 7.15. The van der Waals surface area contributed by atoms with E-state index in [0.717, 1.165) is 35.2 Å². The van der Waals surface area contributed by atoms with Crippen LogP contribution in [0.4, 0.5) is 10.2 Å². The van der Waals surface area contributed by atoms with Crippen molar-refractivity contribution in [3.63, 3.8) is 0 Å². The first-order chi connectivity index (χ1) is 14.6. The lowest BCUT2D eigenvalue weighted by atomic mass is 10.2. The molecule has 30 heavy (non-hydrogen) atoms. The van der Waals surface area contributed by atoms with Crippen LogP contribution in [0.2, 0.25) is 0 Å². The van der Waals surface area contributed by atoms with Gasteiger partial charge in [0.15, 0.2) is 17.6 Å². The zero-order valence-corrected chi connectivity index (χ0v) is 17.9. The van der Waals surface area contributed by atoms with Gasteiger partial charge in [0.05, 0.1) is 12.2 Å². The summed E-state index contributed by atoms with van der Waals surface area (Å²) in [7, 11) is 1.76. The number of nitrogens with zero attached hydrogens (tertiary/aromatic N) is 4. The van der Waals surface area contributed by atoms with Gasteiger partial charge in [-0.25, -0.2) is 14.4 Å². The maximum Gasteiger partial charge on any atom is 0.191 e. The molecule has 0 amide bonds. The molecule has 2 aromatic heterocycles. The second-order valence-electron chi connectivity index (χ2n) is 7.20. The largest absolute Gasteiger partial charge is 0.352 e. The van der Waals surface area contributed by atoms with Gasteiger partial charge < -0.3 is 15.5 Å². The minimum Gasteiger partial charge on any atom is -0.352 e. The quantitative estimate of drug-likeness (QED) is 0.484. The van der Waals surface area contributed by atoms with Crippen molar-refractivity contribution in [1.29, 1.82) is 0 Å². The van der Waals surface area contributed by atoms with E-state index in [4.69, 9.17) is 4.98 Å². The number of pyridine rings is 1. The first kappa shape index (κ1) is 20.3. The van der Waals surface area contributed by atoms with E-state index >= 15 is 0 Å². The number of halogens is 1. The number of hydrogen-bond donors (Lipinski definition) is 2. The van der Waals surface area contributed by atoms with E-state index in [0.29, 0.717) is 18.9 Å². The monoisotopic (exact) mass is 424 g/mol. The molecule has 0 bridgehead atoms. The van der Waals surface area contributed by atoms with Crippen LogP contribution >= 0.6 is 11.3 Å². The van der Waals surface area contributed by atoms with Gasteiger partial charge in [-0.3, -0.25) is 4.99 Å². The molecular formula is C22H25FN6S. The van der Waals surface area contributed by atoms with Gasteiger partial charge >= 0.3 is 0 Å². The van der Waals surface area contributed by atoms with Crippen molar-refractivity contribution >= 4 is 23.1 Å². The van der Waals surface area contributed by atoms with Crippen molar-refractivity contribution in [1.82, 2.24) is 20.6 Å². The fraction of sp³-hybridized carbons (Fsp3) is 0.318. The molecule has 1 aromatic carbocycles. The van der Waals surface area contributed by atoms with E-state index in [9.17, 15) is 4.39 Å². The molecule has 1 fully saturated rings. The normalized spacial score (nSPS) is 16.7. The molecule has 1 aliphatic heterocycles. The Morgan fingerprint density at radius 2 is 2.10 bits per heavy atom. The Morgan fingerprint density at radius 3 is 2.87 bits per heavy atom. The third kappa shape index (κ3) is 4.59. The van der Waals surface area contributed by atoms with Crippen LogP contribution in [0.3, 0.4) is 0 Å². The molecule has 3 heterocycles. The lowest BCUT2D eigenvalue weighted by molar-refractivity contribution is 0.612. The standard InChI is InChI=1S/C22H25FN6S/c1-15-19(30-21(27-15)16-7-4-3-5-8-16)13-26-22(24-2)28-17-10-12-29(14-17)20-18(23)9-6-11-25-20/h3-9,11,17H,10,12-14H2,1-2H3,(H2,24,26,28). The van der Waals surface area contributed by atoms with E-state index < -0.39 is 0 Å². The van der Waals surface area contributed by atoms with E-state index in [2.05, 4.69) is 32.7 Å². The molecule has 4 rings (SSSR count). The van der Waals surface area contributed by atoms with Crippen molar-refractivity contribution in [2.24, 2.45) is 4.99 Å². The third-order valence-corrected chi connectivity index (χ3v) is 6.33. The first-order valence-electron chi connectivity index (χ1n) is 9.98. The van der Waals surface area contributed by atoms with Crippen LogP contribution in [-0.2, 0) is 6.54 Å². The van der Waals surface area contributed by atoms with Crippen molar-refractivity contribution in [2.75, 3.05) is 25.0 Å². The average Bonchev–Trinajstić information content (AvgIpc) is 3.38. The van der Waals surface area contributed by atoms with Crippen LogP contribution in [0.1, 0.15) is 17.0 Å². The molecule has 1 unspecified atom stereocenters. The number of guanidine groups is 1.